The Balaban J connectivity index is 1.81. The van der Waals surface area contributed by atoms with Crippen molar-refractivity contribution in [1.29, 1.82) is 0 Å². The van der Waals surface area contributed by atoms with Crippen LogP contribution in [0.25, 0.3) is 0 Å². The first-order valence-corrected chi connectivity index (χ1v) is 6.60. The van der Waals surface area contributed by atoms with Crippen molar-refractivity contribution in [3.05, 3.63) is 0 Å². The molecule has 2 rings (SSSR count). The van der Waals surface area contributed by atoms with Crippen LogP contribution < -0.4 is 10.6 Å². The van der Waals surface area contributed by atoms with E-state index in [9.17, 15) is 9.90 Å². The van der Waals surface area contributed by atoms with E-state index in [0.29, 0.717) is 19.1 Å². The van der Waals surface area contributed by atoms with Gasteiger partial charge in [-0.25, -0.2) is 4.79 Å². The SMILES string of the molecule is CN(C(=O)NC1CCCCC1)[C@@H]1CNC[C@H]1O. The van der Waals surface area contributed by atoms with E-state index in [0.717, 1.165) is 12.8 Å². The molecular weight excluding hydrogens is 218 g/mol. The molecule has 1 aliphatic carbocycles. The molecule has 17 heavy (non-hydrogen) atoms. The Labute approximate surface area is 103 Å². The Morgan fingerprint density at radius 3 is 2.59 bits per heavy atom. The fourth-order valence-electron chi connectivity index (χ4n) is 2.72. The monoisotopic (exact) mass is 241 g/mol. The number of urea groups is 1. The molecule has 0 bridgehead atoms. The Bertz CT molecular complexity index is 266. The maximum Gasteiger partial charge on any atom is 0.317 e. The molecule has 2 atom stereocenters. The van der Waals surface area contributed by atoms with Crippen LogP contribution in [0.5, 0.6) is 0 Å². The minimum Gasteiger partial charge on any atom is -0.390 e. The van der Waals surface area contributed by atoms with Crippen LogP contribution >= 0.6 is 0 Å². The van der Waals surface area contributed by atoms with Crippen LogP contribution in [0.2, 0.25) is 0 Å². The van der Waals surface area contributed by atoms with Gasteiger partial charge in [0.2, 0.25) is 0 Å². The van der Waals surface area contributed by atoms with Crippen LogP contribution in [0.1, 0.15) is 32.1 Å². The zero-order valence-corrected chi connectivity index (χ0v) is 10.5. The molecule has 1 saturated heterocycles. The van der Waals surface area contributed by atoms with Gasteiger partial charge in [-0.05, 0) is 12.8 Å². The van der Waals surface area contributed by atoms with Gasteiger partial charge in [0, 0.05) is 26.2 Å². The normalized spacial score (nSPS) is 30.2. The van der Waals surface area contributed by atoms with Crippen LogP contribution in [-0.2, 0) is 0 Å². The van der Waals surface area contributed by atoms with Crippen LogP contribution in [0, 0.1) is 0 Å². The lowest BCUT2D eigenvalue weighted by molar-refractivity contribution is 0.108. The second-order valence-corrected chi connectivity index (χ2v) is 5.19. The summed E-state index contributed by atoms with van der Waals surface area (Å²) in [5.41, 5.74) is 0. The quantitative estimate of drug-likeness (QED) is 0.651. The summed E-state index contributed by atoms with van der Waals surface area (Å²) >= 11 is 0. The zero-order valence-electron chi connectivity index (χ0n) is 10.5. The van der Waals surface area contributed by atoms with E-state index >= 15 is 0 Å². The first-order valence-electron chi connectivity index (χ1n) is 6.60. The topological polar surface area (TPSA) is 64.6 Å². The first-order chi connectivity index (χ1) is 8.18. The van der Waals surface area contributed by atoms with Gasteiger partial charge in [-0.15, -0.1) is 0 Å². The van der Waals surface area contributed by atoms with Gasteiger partial charge < -0.3 is 20.6 Å². The third kappa shape index (κ3) is 3.10. The average Bonchev–Trinajstić information content (AvgIpc) is 2.76. The molecule has 1 saturated carbocycles. The molecular formula is C12H23N3O2. The van der Waals surface area contributed by atoms with Crippen LogP contribution in [0.4, 0.5) is 4.79 Å². The number of aliphatic hydroxyl groups excluding tert-OH is 1. The van der Waals surface area contributed by atoms with Gasteiger partial charge in [-0.3, -0.25) is 0 Å². The fraction of sp³-hybridized carbons (Fsp3) is 0.917. The number of carbonyl (C=O) groups is 1. The van der Waals surface area contributed by atoms with E-state index in [-0.39, 0.29) is 12.1 Å². The number of hydrogen-bond acceptors (Lipinski definition) is 3. The van der Waals surface area contributed by atoms with Crippen molar-refractivity contribution in [2.75, 3.05) is 20.1 Å². The molecule has 3 N–H and O–H groups in total. The summed E-state index contributed by atoms with van der Waals surface area (Å²) in [6, 6.07) is 0.174. The highest BCUT2D eigenvalue weighted by molar-refractivity contribution is 5.74. The van der Waals surface area contributed by atoms with Gasteiger partial charge in [0.05, 0.1) is 12.1 Å². The molecule has 2 amide bonds. The highest BCUT2D eigenvalue weighted by atomic mass is 16.3. The smallest absolute Gasteiger partial charge is 0.317 e. The van der Waals surface area contributed by atoms with Gasteiger partial charge in [-0.2, -0.15) is 0 Å². The number of nitrogens with one attached hydrogen (secondary N) is 2. The number of nitrogens with zero attached hydrogens (tertiary/aromatic N) is 1. The lowest BCUT2D eigenvalue weighted by atomic mass is 9.96. The van der Waals surface area contributed by atoms with Crippen LogP contribution in [0.15, 0.2) is 0 Å². The molecule has 0 aromatic heterocycles. The Hall–Kier alpha value is -0.810. The van der Waals surface area contributed by atoms with E-state index in [1.54, 1.807) is 11.9 Å². The van der Waals surface area contributed by atoms with Gasteiger partial charge in [0.25, 0.3) is 0 Å². The van der Waals surface area contributed by atoms with Crippen molar-refractivity contribution in [2.45, 2.75) is 50.3 Å². The molecule has 0 aromatic carbocycles. The van der Waals surface area contributed by atoms with Crippen molar-refractivity contribution in [3.8, 4) is 0 Å². The van der Waals surface area contributed by atoms with E-state index in [4.69, 9.17) is 0 Å². The summed E-state index contributed by atoms with van der Waals surface area (Å²) in [6.45, 7) is 1.25. The highest BCUT2D eigenvalue weighted by Crippen LogP contribution is 2.18. The predicted octanol–water partition coefficient (Wildman–Crippen LogP) is 0.293. The molecule has 5 heteroatoms. The standard InChI is InChI=1S/C12H23N3O2/c1-15(10-7-13-8-11(10)16)12(17)14-9-5-3-2-4-6-9/h9-11,13,16H,2-8H2,1H3,(H,14,17)/t10-,11-/m1/s1. The second-order valence-electron chi connectivity index (χ2n) is 5.19. The summed E-state index contributed by atoms with van der Waals surface area (Å²) in [6.07, 6.45) is 5.44. The number of carbonyl (C=O) groups excluding carboxylic acids is 1. The average molecular weight is 241 g/mol. The van der Waals surface area contributed by atoms with Gasteiger partial charge in [0.1, 0.15) is 0 Å². The summed E-state index contributed by atoms with van der Waals surface area (Å²) in [7, 11) is 1.76. The second kappa shape index (κ2) is 5.69. The number of β-amino-alcohol motifs (C(OH)–C–C–N with tert-alkyl or cyclic N) is 1. The predicted molar refractivity (Wildman–Crippen MR) is 65.8 cm³/mol. The summed E-state index contributed by atoms with van der Waals surface area (Å²) in [4.78, 5) is 13.7. The molecule has 2 fully saturated rings. The molecule has 0 aromatic rings. The molecule has 0 unspecified atom stereocenters. The minimum atomic E-state index is -0.447. The molecule has 2 aliphatic rings. The largest absolute Gasteiger partial charge is 0.390 e. The van der Waals surface area contributed by atoms with Crippen molar-refractivity contribution in [1.82, 2.24) is 15.5 Å². The minimum absolute atomic E-state index is 0.0513. The molecule has 0 radical (unpaired) electrons. The van der Waals surface area contributed by atoms with Crippen molar-refractivity contribution in [3.63, 3.8) is 0 Å². The fourth-order valence-corrected chi connectivity index (χ4v) is 2.72. The highest BCUT2D eigenvalue weighted by Gasteiger charge is 2.31. The first kappa shape index (κ1) is 12.6. The van der Waals surface area contributed by atoms with Crippen molar-refractivity contribution in [2.24, 2.45) is 0 Å². The van der Waals surface area contributed by atoms with E-state index in [1.807, 2.05) is 0 Å². The van der Waals surface area contributed by atoms with Crippen molar-refractivity contribution < 1.29 is 9.90 Å². The maximum atomic E-state index is 12.0. The molecule has 5 nitrogen and oxygen atoms in total. The Morgan fingerprint density at radius 2 is 2.00 bits per heavy atom. The van der Waals surface area contributed by atoms with E-state index in [1.165, 1.54) is 19.3 Å². The number of likely N-dealkylation sites (N-methyl/N-ethyl adjacent to an activating group) is 1. The van der Waals surface area contributed by atoms with Gasteiger partial charge >= 0.3 is 6.03 Å². The van der Waals surface area contributed by atoms with E-state index in [2.05, 4.69) is 10.6 Å². The van der Waals surface area contributed by atoms with Gasteiger partial charge in [-0.1, -0.05) is 19.3 Å². The van der Waals surface area contributed by atoms with Crippen LogP contribution in [-0.4, -0.2) is 54.4 Å². The molecule has 0 spiro atoms. The molecule has 1 aliphatic heterocycles. The lowest BCUT2D eigenvalue weighted by Gasteiger charge is -2.30. The van der Waals surface area contributed by atoms with Crippen molar-refractivity contribution >= 4 is 6.03 Å². The third-order valence-electron chi connectivity index (χ3n) is 3.90. The number of aliphatic hydroxyl groups is 1. The van der Waals surface area contributed by atoms with Gasteiger partial charge in [0.15, 0.2) is 0 Å². The number of amides is 2. The summed E-state index contributed by atoms with van der Waals surface area (Å²) in [5.74, 6) is 0. The number of hydrogen-bond donors (Lipinski definition) is 3. The summed E-state index contributed by atoms with van der Waals surface area (Å²) < 4.78 is 0. The lowest BCUT2D eigenvalue weighted by Crippen LogP contribution is -2.51. The Morgan fingerprint density at radius 1 is 1.29 bits per heavy atom. The molecule has 1 heterocycles. The van der Waals surface area contributed by atoms with Crippen LogP contribution in [0.3, 0.4) is 0 Å². The van der Waals surface area contributed by atoms with E-state index < -0.39 is 6.10 Å². The number of rotatable bonds is 2. The third-order valence-corrected chi connectivity index (χ3v) is 3.90. The Kier molecular flexibility index (Phi) is 4.23. The summed E-state index contributed by atoms with van der Waals surface area (Å²) in [5, 5.41) is 15.9. The zero-order chi connectivity index (χ0) is 12.3. The molecule has 98 valence electrons. The maximum absolute atomic E-state index is 12.0.